The summed E-state index contributed by atoms with van der Waals surface area (Å²) >= 11 is 1.52. The first-order valence-electron chi connectivity index (χ1n) is 9.72. The summed E-state index contributed by atoms with van der Waals surface area (Å²) in [4.78, 5) is 26.4. The third kappa shape index (κ3) is 4.07. The predicted molar refractivity (Wildman–Crippen MR) is 111 cm³/mol. The van der Waals surface area contributed by atoms with Crippen molar-refractivity contribution in [3.63, 3.8) is 0 Å². The molecule has 28 heavy (non-hydrogen) atoms. The van der Waals surface area contributed by atoms with Crippen LogP contribution in [0.2, 0.25) is 0 Å². The van der Waals surface area contributed by atoms with Crippen LogP contribution in [0.1, 0.15) is 43.0 Å². The van der Waals surface area contributed by atoms with E-state index in [2.05, 4.69) is 5.32 Å². The van der Waals surface area contributed by atoms with Gasteiger partial charge >= 0.3 is 0 Å². The number of anilines is 2. The fourth-order valence-electron chi connectivity index (χ4n) is 3.92. The van der Waals surface area contributed by atoms with Gasteiger partial charge in [0, 0.05) is 17.3 Å². The third-order valence-corrected chi connectivity index (χ3v) is 6.61. The van der Waals surface area contributed by atoms with Gasteiger partial charge in [0.1, 0.15) is 11.2 Å². The quantitative estimate of drug-likeness (QED) is 0.777. The molecule has 1 aliphatic heterocycles. The standard InChI is InChI=1S/C22H23FN2O2S/c23-17-7-4-8-19(13-17)25-20(26)14-28-22(25)16-9-11-18(12-10-16)24-21(27)15-5-2-1-3-6-15/h4,7-13,15,22H,1-3,5-6,14H2,(H,24,27)/t22-/m1/s1. The van der Waals surface area contributed by atoms with E-state index in [0.29, 0.717) is 11.4 Å². The molecule has 0 radical (unpaired) electrons. The number of benzene rings is 2. The first-order valence-corrected chi connectivity index (χ1v) is 10.8. The van der Waals surface area contributed by atoms with Crippen molar-refractivity contribution in [3.8, 4) is 0 Å². The summed E-state index contributed by atoms with van der Waals surface area (Å²) in [6.45, 7) is 0. The highest BCUT2D eigenvalue weighted by molar-refractivity contribution is 8.00. The average Bonchev–Trinajstić information content (AvgIpc) is 3.10. The number of thioether (sulfide) groups is 1. The highest BCUT2D eigenvalue weighted by atomic mass is 32.2. The lowest BCUT2D eigenvalue weighted by molar-refractivity contribution is -0.120. The third-order valence-electron chi connectivity index (χ3n) is 5.39. The number of nitrogens with one attached hydrogen (secondary N) is 1. The van der Waals surface area contributed by atoms with Gasteiger partial charge in [0.2, 0.25) is 11.8 Å². The minimum absolute atomic E-state index is 0.0322. The van der Waals surface area contributed by atoms with Gasteiger partial charge in [0.25, 0.3) is 0 Å². The maximum absolute atomic E-state index is 13.6. The fraction of sp³-hybridized carbons (Fsp3) is 0.364. The Labute approximate surface area is 168 Å². The maximum atomic E-state index is 13.6. The van der Waals surface area contributed by atoms with E-state index in [9.17, 15) is 14.0 Å². The van der Waals surface area contributed by atoms with E-state index in [-0.39, 0.29) is 28.9 Å². The van der Waals surface area contributed by atoms with Crippen LogP contribution in [0.4, 0.5) is 15.8 Å². The van der Waals surface area contributed by atoms with E-state index >= 15 is 0 Å². The molecule has 4 rings (SSSR count). The Bertz CT molecular complexity index is 865. The molecule has 146 valence electrons. The molecule has 0 bridgehead atoms. The highest BCUT2D eigenvalue weighted by Gasteiger charge is 2.34. The zero-order valence-electron chi connectivity index (χ0n) is 15.6. The molecule has 0 aromatic heterocycles. The Kier molecular flexibility index (Phi) is 5.67. The molecule has 1 atom stereocenters. The van der Waals surface area contributed by atoms with Gasteiger partial charge in [0.15, 0.2) is 0 Å². The summed E-state index contributed by atoms with van der Waals surface area (Å²) in [6, 6.07) is 13.7. The maximum Gasteiger partial charge on any atom is 0.238 e. The van der Waals surface area contributed by atoms with Crippen molar-refractivity contribution in [1.29, 1.82) is 0 Å². The van der Waals surface area contributed by atoms with E-state index in [4.69, 9.17) is 0 Å². The van der Waals surface area contributed by atoms with E-state index in [1.165, 1.54) is 30.3 Å². The Morgan fingerprint density at radius 2 is 1.82 bits per heavy atom. The SMILES string of the molecule is O=C(Nc1ccc([C@H]2SCC(=O)N2c2cccc(F)c2)cc1)C1CCCCC1. The summed E-state index contributed by atoms with van der Waals surface area (Å²) in [6.07, 6.45) is 5.40. The van der Waals surface area contributed by atoms with Gasteiger partial charge in [-0.25, -0.2) is 4.39 Å². The summed E-state index contributed by atoms with van der Waals surface area (Å²) in [5.74, 6) is 0.178. The van der Waals surface area contributed by atoms with E-state index in [1.54, 1.807) is 17.0 Å². The molecule has 6 heteroatoms. The van der Waals surface area contributed by atoms with Gasteiger partial charge in [-0.3, -0.25) is 14.5 Å². The lowest BCUT2D eigenvalue weighted by Gasteiger charge is -2.25. The molecule has 1 N–H and O–H groups in total. The van der Waals surface area contributed by atoms with Crippen LogP contribution in [0.15, 0.2) is 48.5 Å². The Morgan fingerprint density at radius 3 is 2.54 bits per heavy atom. The van der Waals surface area contributed by atoms with Crippen LogP contribution >= 0.6 is 11.8 Å². The summed E-state index contributed by atoms with van der Waals surface area (Å²) in [7, 11) is 0. The number of amides is 2. The minimum atomic E-state index is -0.360. The molecule has 2 amide bonds. The van der Waals surface area contributed by atoms with Crippen molar-refractivity contribution in [1.82, 2.24) is 0 Å². The summed E-state index contributed by atoms with van der Waals surface area (Å²) < 4.78 is 13.6. The zero-order chi connectivity index (χ0) is 19.5. The molecule has 2 aliphatic rings. The van der Waals surface area contributed by atoms with Gasteiger partial charge in [-0.15, -0.1) is 11.8 Å². The molecule has 1 heterocycles. The van der Waals surface area contributed by atoms with Crippen molar-refractivity contribution < 1.29 is 14.0 Å². The lowest BCUT2D eigenvalue weighted by atomic mass is 9.88. The molecule has 1 saturated carbocycles. The van der Waals surface area contributed by atoms with E-state index < -0.39 is 0 Å². The lowest BCUT2D eigenvalue weighted by Crippen LogP contribution is -2.28. The molecule has 0 unspecified atom stereocenters. The molecule has 1 aliphatic carbocycles. The van der Waals surface area contributed by atoms with Crippen molar-refractivity contribution in [2.24, 2.45) is 5.92 Å². The second-order valence-electron chi connectivity index (χ2n) is 7.35. The normalized spacial score (nSPS) is 20.4. The van der Waals surface area contributed by atoms with Crippen molar-refractivity contribution in [3.05, 3.63) is 59.9 Å². The fourth-order valence-corrected chi connectivity index (χ4v) is 5.09. The summed E-state index contributed by atoms with van der Waals surface area (Å²) in [5.41, 5.74) is 2.29. The number of hydrogen-bond acceptors (Lipinski definition) is 3. The molecule has 1 saturated heterocycles. The Hall–Kier alpha value is -2.34. The summed E-state index contributed by atoms with van der Waals surface area (Å²) in [5, 5.41) is 2.82. The van der Waals surface area contributed by atoms with Crippen LogP contribution in [-0.2, 0) is 9.59 Å². The van der Waals surface area contributed by atoms with Gasteiger partial charge in [-0.1, -0.05) is 37.5 Å². The number of nitrogens with zero attached hydrogens (tertiary/aromatic N) is 1. The smallest absolute Gasteiger partial charge is 0.238 e. The second kappa shape index (κ2) is 8.35. The number of carbonyl (C=O) groups excluding carboxylic acids is 2. The first kappa shape index (κ1) is 19.0. The van der Waals surface area contributed by atoms with Gasteiger partial charge in [-0.2, -0.15) is 0 Å². The zero-order valence-corrected chi connectivity index (χ0v) is 16.4. The van der Waals surface area contributed by atoms with Crippen LogP contribution in [0.25, 0.3) is 0 Å². The second-order valence-corrected chi connectivity index (χ2v) is 8.42. The van der Waals surface area contributed by atoms with E-state index in [1.807, 2.05) is 24.3 Å². The van der Waals surface area contributed by atoms with Crippen molar-refractivity contribution in [2.45, 2.75) is 37.5 Å². The number of halogens is 1. The van der Waals surface area contributed by atoms with E-state index in [0.717, 1.165) is 36.9 Å². The molecule has 2 fully saturated rings. The number of hydrogen-bond donors (Lipinski definition) is 1. The van der Waals surface area contributed by atoms with Crippen LogP contribution in [-0.4, -0.2) is 17.6 Å². The molecular formula is C22H23FN2O2S. The van der Waals surface area contributed by atoms with Gasteiger partial charge < -0.3 is 5.32 Å². The molecule has 2 aromatic carbocycles. The molecule has 2 aromatic rings. The van der Waals surface area contributed by atoms with Gasteiger partial charge in [0.05, 0.1) is 5.75 Å². The number of rotatable bonds is 4. The highest BCUT2D eigenvalue weighted by Crippen LogP contribution is 2.42. The van der Waals surface area contributed by atoms with Crippen LogP contribution in [0.3, 0.4) is 0 Å². The van der Waals surface area contributed by atoms with Crippen LogP contribution in [0, 0.1) is 11.7 Å². The largest absolute Gasteiger partial charge is 0.326 e. The van der Waals surface area contributed by atoms with Crippen LogP contribution in [0.5, 0.6) is 0 Å². The molecule has 4 nitrogen and oxygen atoms in total. The number of carbonyl (C=O) groups is 2. The predicted octanol–water partition coefficient (Wildman–Crippen LogP) is 5.12. The van der Waals surface area contributed by atoms with Crippen LogP contribution < -0.4 is 10.2 Å². The Balaban J connectivity index is 1.48. The van der Waals surface area contributed by atoms with Crippen molar-refractivity contribution >= 4 is 35.0 Å². The monoisotopic (exact) mass is 398 g/mol. The average molecular weight is 399 g/mol. The minimum Gasteiger partial charge on any atom is -0.326 e. The van der Waals surface area contributed by atoms with Crippen molar-refractivity contribution in [2.75, 3.05) is 16.0 Å². The molecular weight excluding hydrogens is 375 g/mol. The topological polar surface area (TPSA) is 49.4 Å². The molecule has 0 spiro atoms. The Morgan fingerprint density at radius 1 is 1.07 bits per heavy atom. The first-order chi connectivity index (χ1) is 13.6. The van der Waals surface area contributed by atoms with Gasteiger partial charge in [-0.05, 0) is 48.7 Å².